The molecule has 6 nitrogen and oxygen atoms in total. The van der Waals surface area contributed by atoms with Crippen LogP contribution in [0.1, 0.15) is 38.8 Å². The van der Waals surface area contributed by atoms with Crippen LogP contribution in [-0.4, -0.2) is 48.4 Å². The molecule has 2 aliphatic rings. The van der Waals surface area contributed by atoms with Gasteiger partial charge in [-0.05, 0) is 63.8 Å². The first kappa shape index (κ1) is 19.5. The van der Waals surface area contributed by atoms with Crippen LogP contribution < -0.4 is 4.74 Å². The Bertz CT molecular complexity index is 737. The summed E-state index contributed by atoms with van der Waals surface area (Å²) in [4.78, 5) is 25.4. The molecule has 0 aromatic heterocycles. The molecule has 1 unspecified atom stereocenters. The number of rotatable bonds is 4. The zero-order chi connectivity index (χ0) is 19.8. The topological polar surface area (TPSA) is 65.1 Å². The zero-order valence-electron chi connectivity index (χ0n) is 16.2. The zero-order valence-corrected chi connectivity index (χ0v) is 16.2. The summed E-state index contributed by atoms with van der Waals surface area (Å²) in [7, 11) is 0. The van der Waals surface area contributed by atoms with E-state index < -0.39 is 17.5 Å². The highest BCUT2D eigenvalue weighted by atomic mass is 19.1. The van der Waals surface area contributed by atoms with Gasteiger partial charge in [-0.15, -0.1) is 0 Å². The van der Waals surface area contributed by atoms with Gasteiger partial charge in [0.15, 0.2) is 11.6 Å². The van der Waals surface area contributed by atoms with Gasteiger partial charge in [0, 0.05) is 0 Å². The molecule has 3 rings (SSSR count). The second-order valence-electron chi connectivity index (χ2n) is 8.03. The lowest BCUT2D eigenvalue weighted by atomic mass is 10.1. The molecule has 27 heavy (non-hydrogen) atoms. The van der Waals surface area contributed by atoms with Crippen molar-refractivity contribution in [3.63, 3.8) is 0 Å². The number of ether oxygens (including phenoxy) is 3. The quantitative estimate of drug-likeness (QED) is 0.752. The molecule has 0 spiro atoms. The first-order valence-electron chi connectivity index (χ1n) is 9.28. The van der Waals surface area contributed by atoms with Crippen molar-refractivity contribution >= 4 is 12.1 Å². The fourth-order valence-corrected chi connectivity index (χ4v) is 3.30. The van der Waals surface area contributed by atoms with Crippen LogP contribution in [0.15, 0.2) is 12.1 Å². The van der Waals surface area contributed by atoms with Gasteiger partial charge in [0.25, 0.3) is 0 Å². The number of benzene rings is 1. The summed E-state index contributed by atoms with van der Waals surface area (Å²) in [5, 5.41) is 0. The van der Waals surface area contributed by atoms with E-state index in [0.717, 1.165) is 11.1 Å². The van der Waals surface area contributed by atoms with E-state index in [-0.39, 0.29) is 23.7 Å². The smallest absolute Gasteiger partial charge is 0.410 e. The van der Waals surface area contributed by atoms with Gasteiger partial charge >= 0.3 is 12.1 Å². The van der Waals surface area contributed by atoms with Gasteiger partial charge in [-0.1, -0.05) is 0 Å². The van der Waals surface area contributed by atoms with E-state index in [4.69, 9.17) is 14.2 Å². The van der Waals surface area contributed by atoms with E-state index in [9.17, 15) is 14.0 Å². The van der Waals surface area contributed by atoms with Gasteiger partial charge < -0.3 is 19.1 Å². The number of fused-ring (bicyclic) bond motifs is 1. The summed E-state index contributed by atoms with van der Waals surface area (Å²) in [5.41, 5.74) is 1.18. The Balaban J connectivity index is 1.57. The number of hydrogen-bond acceptors (Lipinski definition) is 5. The molecule has 1 aliphatic carbocycles. The minimum Gasteiger partial charge on any atom is -0.484 e. The summed E-state index contributed by atoms with van der Waals surface area (Å²) >= 11 is 0. The highest BCUT2D eigenvalue weighted by Crippen LogP contribution is 2.33. The van der Waals surface area contributed by atoms with Crippen LogP contribution in [0.4, 0.5) is 9.18 Å². The van der Waals surface area contributed by atoms with Crippen LogP contribution >= 0.6 is 0 Å². The summed E-state index contributed by atoms with van der Waals surface area (Å²) < 4.78 is 30.4. The van der Waals surface area contributed by atoms with Crippen molar-refractivity contribution in [2.45, 2.75) is 52.2 Å². The molecule has 1 saturated heterocycles. The number of nitrogens with zero attached hydrogens (tertiary/aromatic N) is 1. The summed E-state index contributed by atoms with van der Waals surface area (Å²) in [5.74, 6) is -0.800. The van der Waals surface area contributed by atoms with E-state index in [0.29, 0.717) is 32.5 Å². The molecule has 0 bridgehead atoms. The third-order valence-electron chi connectivity index (χ3n) is 4.60. The highest BCUT2D eigenvalue weighted by Gasteiger charge is 2.36. The lowest BCUT2D eigenvalue weighted by Gasteiger charge is -2.39. The monoisotopic (exact) mass is 379 g/mol. The average Bonchev–Trinajstić information content (AvgIpc) is 2.91. The third kappa shape index (κ3) is 4.51. The molecule has 0 N–H and O–H groups in total. The van der Waals surface area contributed by atoms with E-state index in [1.165, 1.54) is 11.0 Å². The molecule has 1 fully saturated rings. The molecule has 1 aromatic carbocycles. The minimum absolute atomic E-state index is 0.159. The molecular formula is C20H26FNO5. The number of amides is 1. The Kier molecular flexibility index (Phi) is 5.31. The molecule has 0 saturated carbocycles. The van der Waals surface area contributed by atoms with Crippen molar-refractivity contribution in [2.75, 3.05) is 19.7 Å². The van der Waals surface area contributed by atoms with Crippen LogP contribution in [-0.2, 0) is 27.1 Å². The Morgan fingerprint density at radius 2 is 1.81 bits per heavy atom. The maximum absolute atomic E-state index is 14.4. The number of carbonyl (C=O) groups excluding carboxylic acids is 2. The SMILES string of the molecule is CCOC(=O)C1Cc2cc(F)c(OC3CN(C(=O)OC(C)(C)C)C3)cc2C1. The van der Waals surface area contributed by atoms with Gasteiger partial charge in [-0.2, -0.15) is 0 Å². The maximum atomic E-state index is 14.4. The molecule has 7 heteroatoms. The summed E-state index contributed by atoms with van der Waals surface area (Å²) in [6.07, 6.45) is 0.349. The Morgan fingerprint density at radius 3 is 2.41 bits per heavy atom. The second kappa shape index (κ2) is 7.37. The molecule has 1 heterocycles. The average molecular weight is 379 g/mol. The van der Waals surface area contributed by atoms with Crippen LogP contribution in [0.2, 0.25) is 0 Å². The largest absolute Gasteiger partial charge is 0.484 e. The molecule has 0 radical (unpaired) electrons. The van der Waals surface area contributed by atoms with E-state index in [1.807, 2.05) is 20.8 Å². The van der Waals surface area contributed by atoms with Crippen molar-refractivity contribution in [2.24, 2.45) is 5.92 Å². The molecule has 1 aliphatic heterocycles. The van der Waals surface area contributed by atoms with Gasteiger partial charge in [-0.25, -0.2) is 9.18 Å². The highest BCUT2D eigenvalue weighted by molar-refractivity contribution is 5.74. The lowest BCUT2D eigenvalue weighted by molar-refractivity contribution is -0.147. The maximum Gasteiger partial charge on any atom is 0.410 e. The van der Waals surface area contributed by atoms with Crippen LogP contribution in [0.5, 0.6) is 5.75 Å². The Labute approximate surface area is 158 Å². The third-order valence-corrected chi connectivity index (χ3v) is 4.60. The number of esters is 1. The second-order valence-corrected chi connectivity index (χ2v) is 8.03. The standard InChI is InChI=1S/C20H26FNO5/c1-5-25-18(23)14-6-12-8-16(21)17(9-13(12)7-14)26-15-10-22(11-15)19(24)27-20(2,3)4/h8-9,14-15H,5-7,10-11H2,1-4H3. The van der Waals surface area contributed by atoms with E-state index in [1.54, 1.807) is 13.0 Å². The van der Waals surface area contributed by atoms with Crippen molar-refractivity contribution in [1.82, 2.24) is 4.90 Å². The molecule has 1 atom stereocenters. The van der Waals surface area contributed by atoms with Crippen molar-refractivity contribution in [3.05, 3.63) is 29.1 Å². The number of likely N-dealkylation sites (tertiary alicyclic amines) is 1. The van der Waals surface area contributed by atoms with Gasteiger partial charge in [0.1, 0.15) is 11.7 Å². The van der Waals surface area contributed by atoms with E-state index >= 15 is 0 Å². The Hall–Kier alpha value is -2.31. The number of hydrogen-bond donors (Lipinski definition) is 0. The van der Waals surface area contributed by atoms with E-state index in [2.05, 4.69) is 0 Å². The van der Waals surface area contributed by atoms with Gasteiger partial charge in [0.2, 0.25) is 0 Å². The van der Waals surface area contributed by atoms with Crippen molar-refractivity contribution in [3.8, 4) is 5.75 Å². The fourth-order valence-electron chi connectivity index (χ4n) is 3.30. The first-order chi connectivity index (χ1) is 12.7. The predicted molar refractivity (Wildman–Crippen MR) is 96.2 cm³/mol. The number of carbonyl (C=O) groups is 2. The minimum atomic E-state index is -0.551. The van der Waals surface area contributed by atoms with Crippen LogP contribution in [0, 0.1) is 11.7 Å². The fraction of sp³-hybridized carbons (Fsp3) is 0.600. The lowest BCUT2D eigenvalue weighted by Crippen LogP contribution is -2.57. The molecule has 148 valence electrons. The van der Waals surface area contributed by atoms with Gasteiger partial charge in [0.05, 0.1) is 25.6 Å². The van der Waals surface area contributed by atoms with Gasteiger partial charge in [-0.3, -0.25) is 4.79 Å². The molecular weight excluding hydrogens is 353 g/mol. The van der Waals surface area contributed by atoms with Crippen molar-refractivity contribution < 1.29 is 28.2 Å². The molecule has 1 amide bonds. The normalized spacial score (nSPS) is 19.3. The molecule has 1 aromatic rings. The van der Waals surface area contributed by atoms with Crippen LogP contribution in [0.25, 0.3) is 0 Å². The first-order valence-corrected chi connectivity index (χ1v) is 9.28. The number of halogens is 1. The summed E-state index contributed by atoms with van der Waals surface area (Å²) in [6.45, 7) is 8.25. The Morgan fingerprint density at radius 1 is 1.19 bits per heavy atom. The summed E-state index contributed by atoms with van der Waals surface area (Å²) in [6, 6.07) is 3.11. The van der Waals surface area contributed by atoms with Crippen LogP contribution in [0.3, 0.4) is 0 Å². The van der Waals surface area contributed by atoms with Crippen molar-refractivity contribution in [1.29, 1.82) is 0 Å². The predicted octanol–water partition coefficient (Wildman–Crippen LogP) is 3.10.